The van der Waals surface area contributed by atoms with E-state index in [2.05, 4.69) is 15.0 Å². The fourth-order valence-corrected chi connectivity index (χ4v) is 3.91. The molecule has 2 aromatic rings. The lowest BCUT2D eigenvalue weighted by Crippen LogP contribution is -2.40. The standard InChI is InChI=1S/C16H23N5O2S/c1-4-13-18-21-14(22)9-12(17-16(21)24-13)10-20-7-5-11(6-8-20)15(23)19(2)3/h9,11H,4-8,10H2,1-3H3. The van der Waals surface area contributed by atoms with Gasteiger partial charge in [-0.1, -0.05) is 18.3 Å². The van der Waals surface area contributed by atoms with Crippen molar-refractivity contribution in [3.8, 4) is 0 Å². The van der Waals surface area contributed by atoms with Crippen molar-refractivity contribution >= 4 is 22.2 Å². The average Bonchev–Trinajstić information content (AvgIpc) is 2.98. The van der Waals surface area contributed by atoms with Crippen molar-refractivity contribution in [1.29, 1.82) is 0 Å². The molecule has 0 saturated carbocycles. The molecular formula is C16H23N5O2S. The van der Waals surface area contributed by atoms with Crippen LogP contribution in [0.4, 0.5) is 0 Å². The van der Waals surface area contributed by atoms with E-state index in [1.54, 1.807) is 25.1 Å². The SMILES string of the molecule is CCc1nn2c(=O)cc(CN3CCC(C(=O)N(C)C)CC3)nc2s1. The van der Waals surface area contributed by atoms with Gasteiger partial charge in [0.2, 0.25) is 10.9 Å². The highest BCUT2D eigenvalue weighted by atomic mass is 32.1. The van der Waals surface area contributed by atoms with Crippen LogP contribution in [-0.4, -0.2) is 57.5 Å². The highest BCUT2D eigenvalue weighted by molar-refractivity contribution is 7.16. The van der Waals surface area contributed by atoms with Crippen molar-refractivity contribution < 1.29 is 4.79 Å². The van der Waals surface area contributed by atoms with Crippen molar-refractivity contribution in [2.75, 3.05) is 27.2 Å². The van der Waals surface area contributed by atoms with Crippen LogP contribution in [0.25, 0.3) is 4.96 Å². The lowest BCUT2D eigenvalue weighted by atomic mass is 9.95. The van der Waals surface area contributed by atoms with Crippen LogP contribution in [0.3, 0.4) is 0 Å². The van der Waals surface area contributed by atoms with Gasteiger partial charge in [-0.2, -0.15) is 9.61 Å². The van der Waals surface area contributed by atoms with Crippen LogP contribution in [0.1, 0.15) is 30.5 Å². The quantitative estimate of drug-likeness (QED) is 0.824. The smallest absolute Gasteiger partial charge is 0.275 e. The van der Waals surface area contributed by atoms with Gasteiger partial charge >= 0.3 is 0 Å². The first-order chi connectivity index (χ1) is 11.5. The molecule has 0 radical (unpaired) electrons. The van der Waals surface area contributed by atoms with E-state index in [0.29, 0.717) is 11.5 Å². The van der Waals surface area contributed by atoms with Crippen molar-refractivity contribution in [3.63, 3.8) is 0 Å². The summed E-state index contributed by atoms with van der Waals surface area (Å²) in [5.74, 6) is 0.329. The Labute approximate surface area is 144 Å². The summed E-state index contributed by atoms with van der Waals surface area (Å²) in [6, 6.07) is 1.57. The predicted molar refractivity (Wildman–Crippen MR) is 93.2 cm³/mol. The van der Waals surface area contributed by atoms with Crippen LogP contribution in [0.15, 0.2) is 10.9 Å². The van der Waals surface area contributed by atoms with Crippen molar-refractivity contribution in [2.24, 2.45) is 5.92 Å². The molecule has 1 aliphatic rings. The number of hydrogen-bond donors (Lipinski definition) is 0. The number of rotatable bonds is 4. The van der Waals surface area contributed by atoms with E-state index in [4.69, 9.17) is 0 Å². The van der Waals surface area contributed by atoms with E-state index in [-0.39, 0.29) is 17.4 Å². The predicted octanol–water partition coefficient (Wildman–Crippen LogP) is 1.01. The van der Waals surface area contributed by atoms with E-state index in [0.717, 1.165) is 43.1 Å². The Kier molecular flexibility index (Phi) is 4.96. The number of carbonyl (C=O) groups excluding carboxylic acids is 1. The maximum absolute atomic E-state index is 12.2. The first-order valence-corrected chi connectivity index (χ1v) is 9.11. The molecule has 1 fully saturated rings. The van der Waals surface area contributed by atoms with Crippen LogP contribution >= 0.6 is 11.3 Å². The minimum atomic E-state index is -0.122. The van der Waals surface area contributed by atoms with E-state index in [1.165, 1.54) is 15.9 Å². The lowest BCUT2D eigenvalue weighted by molar-refractivity contribution is -0.134. The van der Waals surface area contributed by atoms with Gasteiger partial charge in [0.05, 0.1) is 5.69 Å². The van der Waals surface area contributed by atoms with Gasteiger partial charge in [0.15, 0.2) is 0 Å². The van der Waals surface area contributed by atoms with E-state index in [9.17, 15) is 9.59 Å². The second kappa shape index (κ2) is 6.98. The average molecular weight is 349 g/mol. The third-order valence-corrected chi connectivity index (χ3v) is 5.46. The summed E-state index contributed by atoms with van der Waals surface area (Å²) in [5.41, 5.74) is 0.660. The molecule has 2 aromatic heterocycles. The molecule has 0 N–H and O–H groups in total. The maximum atomic E-state index is 12.2. The zero-order chi connectivity index (χ0) is 17.3. The fourth-order valence-electron chi connectivity index (χ4n) is 3.05. The zero-order valence-electron chi connectivity index (χ0n) is 14.4. The number of carbonyl (C=O) groups is 1. The lowest BCUT2D eigenvalue weighted by Gasteiger charge is -2.32. The van der Waals surface area contributed by atoms with Crippen LogP contribution in [-0.2, 0) is 17.8 Å². The number of likely N-dealkylation sites (tertiary alicyclic amines) is 1. The van der Waals surface area contributed by atoms with E-state index < -0.39 is 0 Å². The van der Waals surface area contributed by atoms with Gasteiger partial charge in [0, 0.05) is 32.6 Å². The molecule has 1 aliphatic heterocycles. The molecule has 0 aromatic carbocycles. The largest absolute Gasteiger partial charge is 0.349 e. The van der Waals surface area contributed by atoms with Crippen molar-refractivity contribution in [3.05, 3.63) is 27.1 Å². The summed E-state index contributed by atoms with van der Waals surface area (Å²) in [6.07, 6.45) is 2.52. The Morgan fingerprint density at radius 3 is 2.71 bits per heavy atom. The summed E-state index contributed by atoms with van der Waals surface area (Å²) in [7, 11) is 3.61. The molecule has 8 heteroatoms. The third kappa shape index (κ3) is 3.49. The fraction of sp³-hybridized carbons (Fsp3) is 0.625. The van der Waals surface area contributed by atoms with Crippen LogP contribution in [0.5, 0.6) is 0 Å². The van der Waals surface area contributed by atoms with Gasteiger partial charge < -0.3 is 4.90 Å². The third-order valence-electron chi connectivity index (χ3n) is 4.41. The van der Waals surface area contributed by atoms with Crippen LogP contribution in [0, 0.1) is 5.92 Å². The van der Waals surface area contributed by atoms with E-state index >= 15 is 0 Å². The molecule has 7 nitrogen and oxygen atoms in total. The zero-order valence-corrected chi connectivity index (χ0v) is 15.2. The molecule has 0 spiro atoms. The number of aromatic nitrogens is 3. The van der Waals surface area contributed by atoms with Crippen LogP contribution < -0.4 is 5.56 Å². The maximum Gasteiger partial charge on any atom is 0.275 e. The normalized spacial score (nSPS) is 16.6. The Morgan fingerprint density at radius 2 is 2.08 bits per heavy atom. The first-order valence-electron chi connectivity index (χ1n) is 8.30. The molecule has 0 aliphatic carbocycles. The van der Waals surface area contributed by atoms with Gasteiger partial charge in [0.25, 0.3) is 5.56 Å². The van der Waals surface area contributed by atoms with Gasteiger partial charge in [-0.25, -0.2) is 4.98 Å². The second-order valence-electron chi connectivity index (χ2n) is 6.41. The summed E-state index contributed by atoms with van der Waals surface area (Å²) in [5, 5.41) is 5.19. The Morgan fingerprint density at radius 1 is 1.38 bits per heavy atom. The van der Waals surface area contributed by atoms with Gasteiger partial charge in [-0.3, -0.25) is 14.5 Å². The topological polar surface area (TPSA) is 70.8 Å². The highest BCUT2D eigenvalue weighted by Gasteiger charge is 2.26. The summed E-state index contributed by atoms with van der Waals surface area (Å²) in [4.78, 5) is 33.4. The monoisotopic (exact) mass is 349 g/mol. The van der Waals surface area contributed by atoms with E-state index in [1.807, 2.05) is 6.92 Å². The molecule has 0 bridgehead atoms. The molecule has 3 heterocycles. The number of nitrogens with zero attached hydrogens (tertiary/aromatic N) is 5. The first kappa shape index (κ1) is 17.0. The van der Waals surface area contributed by atoms with Crippen molar-refractivity contribution in [2.45, 2.75) is 32.7 Å². The summed E-state index contributed by atoms with van der Waals surface area (Å²) < 4.78 is 1.38. The minimum Gasteiger partial charge on any atom is -0.349 e. The van der Waals surface area contributed by atoms with Gasteiger partial charge in [-0.05, 0) is 32.4 Å². The molecule has 1 amide bonds. The molecule has 1 saturated heterocycles. The Bertz CT molecular complexity index is 789. The summed E-state index contributed by atoms with van der Waals surface area (Å²) >= 11 is 1.47. The number of aryl methyl sites for hydroxylation is 1. The molecule has 3 rings (SSSR count). The number of piperidine rings is 1. The van der Waals surface area contributed by atoms with Crippen molar-refractivity contribution in [1.82, 2.24) is 24.4 Å². The van der Waals surface area contributed by atoms with Crippen LogP contribution in [0.2, 0.25) is 0 Å². The number of hydrogen-bond acceptors (Lipinski definition) is 6. The Hall–Kier alpha value is -1.80. The number of amides is 1. The summed E-state index contributed by atoms with van der Waals surface area (Å²) in [6.45, 7) is 4.37. The molecule has 0 atom stereocenters. The molecule has 24 heavy (non-hydrogen) atoms. The molecular weight excluding hydrogens is 326 g/mol. The molecule has 130 valence electrons. The minimum absolute atomic E-state index is 0.117. The highest BCUT2D eigenvalue weighted by Crippen LogP contribution is 2.20. The second-order valence-corrected chi connectivity index (χ2v) is 7.45. The molecule has 0 unspecified atom stereocenters. The van der Waals surface area contributed by atoms with Gasteiger partial charge in [0.1, 0.15) is 5.01 Å². The Balaban J connectivity index is 1.68. The van der Waals surface area contributed by atoms with Gasteiger partial charge in [-0.15, -0.1) is 0 Å². The number of fused-ring (bicyclic) bond motifs is 1.